The number of aromatic nitrogens is 2. The Morgan fingerprint density at radius 2 is 1.93 bits per heavy atom. The molecule has 0 aliphatic carbocycles. The van der Waals surface area contributed by atoms with Gasteiger partial charge in [0.2, 0.25) is 0 Å². The number of carbonyl (C=O) groups excluding carboxylic acids is 1. The molecular weight excluding hydrogens is 336 g/mol. The van der Waals surface area contributed by atoms with E-state index in [9.17, 15) is 4.79 Å². The van der Waals surface area contributed by atoms with Crippen LogP contribution in [-0.4, -0.2) is 39.9 Å². The van der Waals surface area contributed by atoms with Crippen molar-refractivity contribution in [3.63, 3.8) is 0 Å². The van der Waals surface area contributed by atoms with Crippen molar-refractivity contribution < 1.29 is 4.79 Å². The molecule has 5 nitrogen and oxygen atoms in total. The largest absolute Gasteiger partial charge is 0.368 e. The van der Waals surface area contributed by atoms with Gasteiger partial charge in [0, 0.05) is 25.2 Å². The van der Waals surface area contributed by atoms with Crippen LogP contribution in [0.15, 0.2) is 36.4 Å². The van der Waals surface area contributed by atoms with Crippen molar-refractivity contribution in [2.24, 2.45) is 5.92 Å². The average Bonchev–Trinajstić information content (AvgIpc) is 2.68. The van der Waals surface area contributed by atoms with Gasteiger partial charge in [-0.25, -0.2) is 9.97 Å². The Bertz CT molecular complexity index is 754. The number of carbonyl (C=O) groups is 1. The Hall–Kier alpha value is -2.43. The Balaban J connectivity index is 1.60. The summed E-state index contributed by atoms with van der Waals surface area (Å²) in [6.45, 7) is 7.67. The lowest BCUT2D eigenvalue weighted by atomic mass is 9.90. The first-order chi connectivity index (χ1) is 13.0. The van der Waals surface area contributed by atoms with E-state index in [1.165, 1.54) is 5.56 Å². The predicted octanol–water partition coefficient (Wildman–Crippen LogP) is 4.09. The highest BCUT2D eigenvalue weighted by Crippen LogP contribution is 2.23. The van der Waals surface area contributed by atoms with Crippen LogP contribution in [0.3, 0.4) is 0 Å². The molecule has 1 unspecified atom stereocenters. The maximum absolute atomic E-state index is 12.9. The van der Waals surface area contributed by atoms with Crippen LogP contribution >= 0.6 is 0 Å². The lowest BCUT2D eigenvalue weighted by molar-refractivity contribution is 0.0684. The monoisotopic (exact) mass is 366 g/mol. The molecule has 1 aliphatic heterocycles. The van der Waals surface area contributed by atoms with Gasteiger partial charge in [-0.15, -0.1) is 0 Å². The zero-order valence-corrected chi connectivity index (χ0v) is 16.6. The number of rotatable bonds is 6. The van der Waals surface area contributed by atoms with Crippen LogP contribution in [-0.2, 0) is 6.42 Å². The zero-order valence-electron chi connectivity index (χ0n) is 16.6. The topological polar surface area (TPSA) is 58.1 Å². The van der Waals surface area contributed by atoms with Gasteiger partial charge in [-0.1, -0.05) is 37.3 Å². The summed E-state index contributed by atoms with van der Waals surface area (Å²) in [5, 5.41) is 3.34. The molecule has 5 heteroatoms. The minimum atomic E-state index is 0.0193. The van der Waals surface area contributed by atoms with Crippen molar-refractivity contribution in [3.8, 4) is 0 Å². The zero-order chi connectivity index (χ0) is 19.2. The Morgan fingerprint density at radius 1 is 1.22 bits per heavy atom. The normalized spacial score (nSPS) is 16.2. The van der Waals surface area contributed by atoms with Gasteiger partial charge in [-0.05, 0) is 51.0 Å². The fraction of sp³-hybridized carbons (Fsp3) is 0.500. The van der Waals surface area contributed by atoms with Crippen LogP contribution in [0.4, 0.5) is 5.82 Å². The lowest BCUT2D eigenvalue weighted by Gasteiger charge is -2.32. The standard InChI is InChI=1S/C22H30N4O/c1-4-16(2)23-21-15-20(24-17(3)25-21)22(27)26-12-10-19(11-13-26)14-18-8-6-5-7-9-18/h5-9,15-16,19H,4,10-14H2,1-3H3,(H,23,24,25). The van der Waals surface area contributed by atoms with E-state index < -0.39 is 0 Å². The van der Waals surface area contributed by atoms with Crippen molar-refractivity contribution in [1.29, 1.82) is 0 Å². The molecule has 2 heterocycles. The number of piperidine rings is 1. The fourth-order valence-electron chi connectivity index (χ4n) is 3.56. The quantitative estimate of drug-likeness (QED) is 0.836. The fourth-order valence-corrected chi connectivity index (χ4v) is 3.56. The van der Waals surface area contributed by atoms with Gasteiger partial charge < -0.3 is 10.2 Å². The number of hydrogen-bond acceptors (Lipinski definition) is 4. The average molecular weight is 367 g/mol. The first-order valence-electron chi connectivity index (χ1n) is 10.0. The smallest absolute Gasteiger partial charge is 0.272 e. The molecule has 3 rings (SSSR count). The Labute approximate surface area is 162 Å². The van der Waals surface area contributed by atoms with Crippen molar-refractivity contribution in [2.45, 2.75) is 52.5 Å². The van der Waals surface area contributed by atoms with E-state index in [-0.39, 0.29) is 5.91 Å². The minimum Gasteiger partial charge on any atom is -0.368 e. The highest BCUT2D eigenvalue weighted by atomic mass is 16.2. The van der Waals surface area contributed by atoms with E-state index in [1.807, 2.05) is 11.8 Å². The molecule has 0 spiro atoms. The molecule has 2 aromatic rings. The number of nitrogens with zero attached hydrogens (tertiary/aromatic N) is 3. The van der Waals surface area contributed by atoms with Crippen molar-refractivity contribution in [2.75, 3.05) is 18.4 Å². The molecule has 1 aromatic carbocycles. The van der Waals surface area contributed by atoms with E-state index >= 15 is 0 Å². The van der Waals surface area contributed by atoms with Crippen molar-refractivity contribution >= 4 is 11.7 Å². The molecule has 0 bridgehead atoms. The van der Waals surface area contributed by atoms with E-state index in [0.29, 0.717) is 23.5 Å². The Kier molecular flexibility index (Phi) is 6.43. The number of benzene rings is 1. The SMILES string of the molecule is CCC(C)Nc1cc(C(=O)N2CCC(Cc3ccccc3)CC2)nc(C)n1. The molecule has 1 N–H and O–H groups in total. The summed E-state index contributed by atoms with van der Waals surface area (Å²) in [6, 6.07) is 12.7. The number of nitrogens with one attached hydrogen (secondary N) is 1. The van der Waals surface area contributed by atoms with E-state index in [2.05, 4.69) is 59.5 Å². The molecule has 1 fully saturated rings. The third kappa shape index (κ3) is 5.28. The van der Waals surface area contributed by atoms with Crippen LogP contribution in [0.1, 0.15) is 55.0 Å². The highest BCUT2D eigenvalue weighted by molar-refractivity contribution is 5.93. The second-order valence-corrected chi connectivity index (χ2v) is 7.56. The number of anilines is 1. The third-order valence-electron chi connectivity index (χ3n) is 5.33. The summed E-state index contributed by atoms with van der Waals surface area (Å²) in [5.74, 6) is 2.03. The summed E-state index contributed by atoms with van der Waals surface area (Å²) in [5.41, 5.74) is 1.88. The third-order valence-corrected chi connectivity index (χ3v) is 5.33. The molecule has 27 heavy (non-hydrogen) atoms. The second kappa shape index (κ2) is 8.98. The molecule has 1 aromatic heterocycles. The van der Waals surface area contributed by atoms with E-state index in [4.69, 9.17) is 0 Å². The van der Waals surface area contributed by atoms with Gasteiger partial charge in [0.1, 0.15) is 17.3 Å². The molecular formula is C22H30N4O. The van der Waals surface area contributed by atoms with Gasteiger partial charge in [0.05, 0.1) is 0 Å². The van der Waals surface area contributed by atoms with Crippen LogP contribution in [0.5, 0.6) is 0 Å². The highest BCUT2D eigenvalue weighted by Gasteiger charge is 2.25. The van der Waals surface area contributed by atoms with E-state index in [1.54, 1.807) is 6.07 Å². The maximum Gasteiger partial charge on any atom is 0.272 e. The van der Waals surface area contributed by atoms with Gasteiger partial charge in [0.15, 0.2) is 0 Å². The molecule has 1 amide bonds. The van der Waals surface area contributed by atoms with Gasteiger partial charge in [0.25, 0.3) is 5.91 Å². The molecule has 0 radical (unpaired) electrons. The van der Waals surface area contributed by atoms with Crippen LogP contribution < -0.4 is 5.32 Å². The molecule has 0 saturated carbocycles. The number of amides is 1. The predicted molar refractivity (Wildman–Crippen MR) is 109 cm³/mol. The summed E-state index contributed by atoms with van der Waals surface area (Å²) < 4.78 is 0. The van der Waals surface area contributed by atoms with E-state index in [0.717, 1.165) is 44.6 Å². The summed E-state index contributed by atoms with van der Waals surface area (Å²) in [7, 11) is 0. The molecule has 144 valence electrons. The first-order valence-corrected chi connectivity index (χ1v) is 10.0. The maximum atomic E-state index is 12.9. The summed E-state index contributed by atoms with van der Waals surface area (Å²) in [4.78, 5) is 23.7. The molecule has 1 aliphatic rings. The second-order valence-electron chi connectivity index (χ2n) is 7.56. The number of aryl methyl sites for hydroxylation is 1. The summed E-state index contributed by atoms with van der Waals surface area (Å²) in [6.07, 6.45) is 4.19. The Morgan fingerprint density at radius 3 is 2.59 bits per heavy atom. The number of hydrogen-bond donors (Lipinski definition) is 1. The van der Waals surface area contributed by atoms with Gasteiger partial charge in [-0.3, -0.25) is 4.79 Å². The molecule has 1 saturated heterocycles. The minimum absolute atomic E-state index is 0.0193. The lowest BCUT2D eigenvalue weighted by Crippen LogP contribution is -2.39. The van der Waals surface area contributed by atoms with Gasteiger partial charge >= 0.3 is 0 Å². The van der Waals surface area contributed by atoms with Crippen molar-refractivity contribution in [1.82, 2.24) is 14.9 Å². The number of likely N-dealkylation sites (tertiary alicyclic amines) is 1. The first kappa shape index (κ1) is 19.3. The van der Waals surface area contributed by atoms with Crippen LogP contribution in [0, 0.1) is 12.8 Å². The summed E-state index contributed by atoms with van der Waals surface area (Å²) >= 11 is 0. The van der Waals surface area contributed by atoms with Gasteiger partial charge in [-0.2, -0.15) is 0 Å². The van der Waals surface area contributed by atoms with Crippen LogP contribution in [0.2, 0.25) is 0 Å². The van der Waals surface area contributed by atoms with Crippen LogP contribution in [0.25, 0.3) is 0 Å². The van der Waals surface area contributed by atoms with Crippen molar-refractivity contribution in [3.05, 3.63) is 53.5 Å². The molecule has 1 atom stereocenters.